The molecule has 0 aliphatic carbocycles. The first-order valence-corrected chi connectivity index (χ1v) is 6.42. The van der Waals surface area contributed by atoms with E-state index in [1.54, 1.807) is 0 Å². The van der Waals surface area contributed by atoms with Crippen LogP contribution >= 0.6 is 11.6 Å². The van der Waals surface area contributed by atoms with Crippen LogP contribution in [0.5, 0.6) is 11.5 Å². The van der Waals surface area contributed by atoms with E-state index in [0.717, 1.165) is 41.5 Å². The van der Waals surface area contributed by atoms with Crippen molar-refractivity contribution in [3.05, 3.63) is 22.7 Å². The van der Waals surface area contributed by atoms with Crippen molar-refractivity contribution < 1.29 is 9.47 Å². The smallest absolute Gasteiger partial charge is 0.167 e. The van der Waals surface area contributed by atoms with Gasteiger partial charge in [0.15, 0.2) is 11.5 Å². The number of fused-ring (bicyclic) bond motifs is 1. The summed E-state index contributed by atoms with van der Waals surface area (Å²) in [4.78, 5) is 0. The summed E-state index contributed by atoms with van der Waals surface area (Å²) < 4.78 is 11.4. The Balaban J connectivity index is 2.14. The highest BCUT2D eigenvalue weighted by molar-refractivity contribution is 6.31. The molecule has 2 aliphatic rings. The highest BCUT2D eigenvalue weighted by Crippen LogP contribution is 2.46. The van der Waals surface area contributed by atoms with Gasteiger partial charge in [-0.2, -0.15) is 0 Å². The summed E-state index contributed by atoms with van der Waals surface area (Å²) in [5.74, 6) is 1.63. The maximum Gasteiger partial charge on any atom is 0.167 e. The highest BCUT2D eigenvalue weighted by atomic mass is 35.5. The first-order chi connectivity index (χ1) is 8.21. The van der Waals surface area contributed by atoms with Crippen molar-refractivity contribution in [3.8, 4) is 11.5 Å². The maximum atomic E-state index is 6.36. The molecule has 1 N–H and O–H groups in total. The van der Waals surface area contributed by atoms with Gasteiger partial charge in [-0.15, -0.1) is 0 Å². The van der Waals surface area contributed by atoms with E-state index in [1.165, 1.54) is 0 Å². The summed E-state index contributed by atoms with van der Waals surface area (Å²) in [7, 11) is 0. The third kappa shape index (κ3) is 1.78. The lowest BCUT2D eigenvalue weighted by Crippen LogP contribution is -2.34. The van der Waals surface area contributed by atoms with E-state index in [0.29, 0.717) is 13.2 Å². The van der Waals surface area contributed by atoms with Gasteiger partial charge in [0.05, 0.1) is 0 Å². The van der Waals surface area contributed by atoms with E-state index in [2.05, 4.69) is 12.2 Å². The Bertz CT molecular complexity index is 441. The molecule has 2 heterocycles. The standard InChI is InChI=1S/C13H16ClNO2/c1-13(5-2-6-15-13)11-9(14)3-4-10-12(11)17-8-7-16-10/h3-4,15H,2,5-8H2,1H3. The molecule has 4 heteroatoms. The molecule has 1 aromatic rings. The van der Waals surface area contributed by atoms with Crippen molar-refractivity contribution >= 4 is 11.6 Å². The van der Waals surface area contributed by atoms with Crippen molar-refractivity contribution in [2.24, 2.45) is 0 Å². The van der Waals surface area contributed by atoms with Gasteiger partial charge in [0.1, 0.15) is 13.2 Å². The first-order valence-electron chi connectivity index (χ1n) is 6.04. The van der Waals surface area contributed by atoms with E-state index in [1.807, 2.05) is 12.1 Å². The van der Waals surface area contributed by atoms with Crippen LogP contribution in [0.2, 0.25) is 5.02 Å². The predicted molar refractivity (Wildman–Crippen MR) is 67.0 cm³/mol. The third-order valence-electron chi connectivity index (χ3n) is 3.58. The normalized spacial score (nSPS) is 27.2. The number of hydrogen-bond acceptors (Lipinski definition) is 3. The molecule has 0 aromatic heterocycles. The minimum atomic E-state index is -0.0941. The fourth-order valence-electron chi connectivity index (χ4n) is 2.71. The van der Waals surface area contributed by atoms with Crippen molar-refractivity contribution in [2.45, 2.75) is 25.3 Å². The largest absolute Gasteiger partial charge is 0.486 e. The summed E-state index contributed by atoms with van der Waals surface area (Å²) in [6.45, 7) is 4.41. The summed E-state index contributed by atoms with van der Waals surface area (Å²) in [5, 5.41) is 4.28. The van der Waals surface area contributed by atoms with Crippen LogP contribution < -0.4 is 14.8 Å². The third-order valence-corrected chi connectivity index (χ3v) is 3.89. The van der Waals surface area contributed by atoms with Crippen LogP contribution in [-0.4, -0.2) is 19.8 Å². The average molecular weight is 254 g/mol. The minimum absolute atomic E-state index is 0.0941. The van der Waals surface area contributed by atoms with Gasteiger partial charge in [-0.25, -0.2) is 0 Å². The Morgan fingerprint density at radius 1 is 1.29 bits per heavy atom. The van der Waals surface area contributed by atoms with Crippen molar-refractivity contribution in [3.63, 3.8) is 0 Å². The lowest BCUT2D eigenvalue weighted by molar-refractivity contribution is 0.166. The number of hydrogen-bond donors (Lipinski definition) is 1. The van der Waals surface area contributed by atoms with E-state index < -0.39 is 0 Å². The average Bonchev–Trinajstić information content (AvgIpc) is 2.76. The molecule has 0 radical (unpaired) electrons. The molecule has 0 spiro atoms. The Morgan fingerprint density at radius 3 is 2.88 bits per heavy atom. The second kappa shape index (κ2) is 4.07. The van der Waals surface area contributed by atoms with Gasteiger partial charge in [0.2, 0.25) is 0 Å². The Labute approximate surface area is 106 Å². The van der Waals surface area contributed by atoms with E-state index >= 15 is 0 Å². The summed E-state index contributed by atoms with van der Waals surface area (Å²) in [6, 6.07) is 3.79. The lowest BCUT2D eigenvalue weighted by Gasteiger charge is -2.31. The van der Waals surface area contributed by atoms with Crippen LogP contribution in [0, 0.1) is 0 Å². The second-order valence-corrected chi connectivity index (χ2v) is 5.22. The zero-order valence-electron chi connectivity index (χ0n) is 9.88. The molecule has 1 unspecified atom stereocenters. The topological polar surface area (TPSA) is 30.5 Å². The van der Waals surface area contributed by atoms with Crippen LogP contribution in [0.3, 0.4) is 0 Å². The fraction of sp³-hybridized carbons (Fsp3) is 0.538. The minimum Gasteiger partial charge on any atom is -0.486 e. The second-order valence-electron chi connectivity index (χ2n) is 4.81. The SMILES string of the molecule is CC1(c2c(Cl)ccc3c2OCCO3)CCCN1. The zero-order chi connectivity index (χ0) is 11.9. The molecule has 17 heavy (non-hydrogen) atoms. The number of rotatable bonds is 1. The van der Waals surface area contributed by atoms with Crippen LogP contribution in [0.25, 0.3) is 0 Å². The predicted octanol–water partition coefficient (Wildman–Crippen LogP) is 2.71. The van der Waals surface area contributed by atoms with Crippen molar-refractivity contribution in [2.75, 3.05) is 19.8 Å². The summed E-state index contributed by atoms with van der Waals surface area (Å²) in [5.41, 5.74) is 0.956. The molecule has 0 bridgehead atoms. The monoisotopic (exact) mass is 253 g/mol. The number of benzene rings is 1. The maximum absolute atomic E-state index is 6.36. The molecule has 2 aliphatic heterocycles. The molecule has 3 nitrogen and oxygen atoms in total. The van der Waals surface area contributed by atoms with Gasteiger partial charge in [-0.1, -0.05) is 11.6 Å². The van der Waals surface area contributed by atoms with Gasteiger partial charge in [0.25, 0.3) is 0 Å². The van der Waals surface area contributed by atoms with Gasteiger partial charge >= 0.3 is 0 Å². The van der Waals surface area contributed by atoms with Gasteiger partial charge in [0, 0.05) is 16.1 Å². The van der Waals surface area contributed by atoms with Gasteiger partial charge in [-0.3, -0.25) is 0 Å². The van der Waals surface area contributed by atoms with E-state index in [9.17, 15) is 0 Å². The van der Waals surface area contributed by atoms with Crippen LogP contribution in [0.1, 0.15) is 25.3 Å². The molecule has 1 fully saturated rings. The summed E-state index contributed by atoms with van der Waals surface area (Å²) in [6.07, 6.45) is 2.24. The Morgan fingerprint density at radius 2 is 2.12 bits per heavy atom. The Hall–Kier alpha value is -0.930. The number of halogens is 1. The quantitative estimate of drug-likeness (QED) is 0.835. The van der Waals surface area contributed by atoms with Gasteiger partial charge in [-0.05, 0) is 38.4 Å². The Kier molecular flexibility index (Phi) is 2.68. The summed E-state index contributed by atoms with van der Waals surface area (Å²) >= 11 is 6.36. The van der Waals surface area contributed by atoms with E-state index in [-0.39, 0.29) is 5.54 Å². The molecular weight excluding hydrogens is 238 g/mol. The lowest BCUT2D eigenvalue weighted by atomic mass is 9.89. The van der Waals surface area contributed by atoms with Crippen LogP contribution in [0.4, 0.5) is 0 Å². The molecule has 1 aromatic carbocycles. The van der Waals surface area contributed by atoms with Gasteiger partial charge < -0.3 is 14.8 Å². The first kappa shape index (κ1) is 11.2. The van der Waals surface area contributed by atoms with Crippen LogP contribution in [-0.2, 0) is 5.54 Å². The molecule has 3 rings (SSSR count). The highest BCUT2D eigenvalue weighted by Gasteiger charge is 2.36. The molecule has 1 atom stereocenters. The molecular formula is C13H16ClNO2. The van der Waals surface area contributed by atoms with Crippen LogP contribution in [0.15, 0.2) is 12.1 Å². The zero-order valence-corrected chi connectivity index (χ0v) is 10.6. The number of nitrogens with one attached hydrogen (secondary N) is 1. The molecule has 92 valence electrons. The van der Waals surface area contributed by atoms with Crippen molar-refractivity contribution in [1.29, 1.82) is 0 Å². The molecule has 1 saturated heterocycles. The fourth-order valence-corrected chi connectivity index (χ4v) is 3.07. The molecule has 0 saturated carbocycles. The molecule has 0 amide bonds. The number of ether oxygens (including phenoxy) is 2. The van der Waals surface area contributed by atoms with Crippen molar-refractivity contribution in [1.82, 2.24) is 5.32 Å². The van der Waals surface area contributed by atoms with E-state index in [4.69, 9.17) is 21.1 Å².